The van der Waals surface area contributed by atoms with Crippen molar-refractivity contribution in [2.75, 3.05) is 35.4 Å². The predicted octanol–water partition coefficient (Wildman–Crippen LogP) is 1.59. The Morgan fingerprint density at radius 3 is 2.58 bits per heavy atom. The topological polar surface area (TPSA) is 91.5 Å². The Morgan fingerprint density at radius 2 is 1.96 bits per heavy atom. The molecule has 2 atom stereocenters. The number of thioether (sulfide) groups is 1. The fourth-order valence-electron chi connectivity index (χ4n) is 2.62. The molecule has 130 valence electrons. The normalized spacial score (nSPS) is 23.0. The number of hydrogen-bond acceptors (Lipinski definition) is 5. The standard InChI is InChI=1S/C16H22N4O3S/c21-15(14-9-24-10-18-14)19-11-3-5-12(6-4-11)20-16(22)17-8-13-2-1-7-23-13/h3-6,13-14,18H,1-2,7-10H2,(H,19,21)(H2,17,20,22). The van der Waals surface area contributed by atoms with Crippen molar-refractivity contribution >= 4 is 35.1 Å². The molecule has 8 heteroatoms. The molecule has 0 aliphatic carbocycles. The summed E-state index contributed by atoms with van der Waals surface area (Å²) in [7, 11) is 0. The number of nitrogens with one attached hydrogen (secondary N) is 4. The van der Waals surface area contributed by atoms with Gasteiger partial charge in [0.1, 0.15) is 0 Å². The Hall–Kier alpha value is -1.77. The lowest BCUT2D eigenvalue weighted by Crippen LogP contribution is -2.37. The van der Waals surface area contributed by atoms with E-state index in [1.165, 1.54) is 0 Å². The fraction of sp³-hybridized carbons (Fsp3) is 0.500. The molecule has 2 aliphatic heterocycles. The molecule has 3 amide bonds. The van der Waals surface area contributed by atoms with Gasteiger partial charge in [-0.25, -0.2) is 4.79 Å². The van der Waals surface area contributed by atoms with E-state index in [1.807, 2.05) is 0 Å². The number of amides is 3. The molecule has 7 nitrogen and oxygen atoms in total. The number of benzene rings is 1. The molecule has 0 radical (unpaired) electrons. The third-order valence-corrected chi connectivity index (χ3v) is 4.90. The van der Waals surface area contributed by atoms with E-state index in [-0.39, 0.29) is 24.1 Å². The zero-order chi connectivity index (χ0) is 16.8. The van der Waals surface area contributed by atoms with Crippen LogP contribution in [0.25, 0.3) is 0 Å². The van der Waals surface area contributed by atoms with Crippen molar-refractivity contribution < 1.29 is 14.3 Å². The van der Waals surface area contributed by atoms with Crippen LogP contribution in [0.5, 0.6) is 0 Å². The highest BCUT2D eigenvalue weighted by atomic mass is 32.2. The van der Waals surface area contributed by atoms with Crippen molar-refractivity contribution in [1.82, 2.24) is 10.6 Å². The molecule has 2 heterocycles. The van der Waals surface area contributed by atoms with Gasteiger partial charge in [0.25, 0.3) is 0 Å². The molecule has 2 saturated heterocycles. The molecule has 24 heavy (non-hydrogen) atoms. The van der Waals surface area contributed by atoms with Gasteiger partial charge in [0.2, 0.25) is 5.91 Å². The van der Waals surface area contributed by atoms with Gasteiger partial charge >= 0.3 is 6.03 Å². The minimum absolute atomic E-state index is 0.0324. The van der Waals surface area contributed by atoms with Crippen LogP contribution in [-0.4, -0.2) is 48.9 Å². The molecule has 4 N–H and O–H groups in total. The van der Waals surface area contributed by atoms with Gasteiger partial charge in [0.05, 0.1) is 12.1 Å². The largest absolute Gasteiger partial charge is 0.376 e. The van der Waals surface area contributed by atoms with Crippen molar-refractivity contribution in [3.8, 4) is 0 Å². The molecule has 0 spiro atoms. The lowest BCUT2D eigenvalue weighted by Gasteiger charge is -2.13. The number of anilines is 2. The van der Waals surface area contributed by atoms with E-state index in [0.29, 0.717) is 17.9 Å². The molecule has 2 fully saturated rings. The molecule has 2 unspecified atom stereocenters. The Balaban J connectivity index is 1.43. The zero-order valence-electron chi connectivity index (χ0n) is 13.3. The van der Waals surface area contributed by atoms with Gasteiger partial charge in [-0.2, -0.15) is 0 Å². The SMILES string of the molecule is O=C(NCC1CCCO1)Nc1ccc(NC(=O)C2CSCN2)cc1. The number of carbonyl (C=O) groups excluding carboxylic acids is 2. The number of carbonyl (C=O) groups is 2. The summed E-state index contributed by atoms with van der Waals surface area (Å²) in [5.41, 5.74) is 1.39. The highest BCUT2D eigenvalue weighted by molar-refractivity contribution is 7.99. The van der Waals surface area contributed by atoms with Crippen LogP contribution in [-0.2, 0) is 9.53 Å². The third kappa shape index (κ3) is 4.86. The van der Waals surface area contributed by atoms with Crippen LogP contribution in [0.2, 0.25) is 0 Å². The van der Waals surface area contributed by atoms with E-state index >= 15 is 0 Å². The van der Waals surface area contributed by atoms with Crippen molar-refractivity contribution in [1.29, 1.82) is 0 Å². The molecular formula is C16H22N4O3S. The summed E-state index contributed by atoms with van der Waals surface area (Å²) in [4.78, 5) is 23.9. The molecule has 2 aliphatic rings. The average molecular weight is 350 g/mol. The Labute approximate surface area is 145 Å². The van der Waals surface area contributed by atoms with Gasteiger partial charge in [-0.15, -0.1) is 11.8 Å². The molecule has 0 aromatic heterocycles. The predicted molar refractivity (Wildman–Crippen MR) is 95.3 cm³/mol. The highest BCUT2D eigenvalue weighted by Gasteiger charge is 2.22. The maximum absolute atomic E-state index is 12.0. The summed E-state index contributed by atoms with van der Waals surface area (Å²) < 4.78 is 5.46. The second kappa shape index (κ2) is 8.36. The van der Waals surface area contributed by atoms with Crippen molar-refractivity contribution in [3.63, 3.8) is 0 Å². The van der Waals surface area contributed by atoms with E-state index in [4.69, 9.17) is 4.74 Å². The molecule has 1 aromatic rings. The highest BCUT2D eigenvalue weighted by Crippen LogP contribution is 2.16. The number of ether oxygens (including phenoxy) is 1. The molecule has 0 bridgehead atoms. The summed E-state index contributed by atoms with van der Waals surface area (Å²) >= 11 is 1.71. The van der Waals surface area contributed by atoms with Crippen LogP contribution in [0.15, 0.2) is 24.3 Å². The van der Waals surface area contributed by atoms with Crippen molar-refractivity contribution in [3.05, 3.63) is 24.3 Å². The first-order valence-electron chi connectivity index (χ1n) is 8.09. The Bertz CT molecular complexity index is 569. The minimum atomic E-state index is -0.255. The van der Waals surface area contributed by atoms with Gasteiger partial charge in [-0.3, -0.25) is 10.1 Å². The van der Waals surface area contributed by atoms with E-state index in [2.05, 4.69) is 21.3 Å². The monoisotopic (exact) mass is 350 g/mol. The quantitative estimate of drug-likeness (QED) is 0.647. The minimum Gasteiger partial charge on any atom is -0.376 e. The first kappa shape index (κ1) is 17.1. The van der Waals surface area contributed by atoms with Gasteiger partial charge in [-0.1, -0.05) is 0 Å². The summed E-state index contributed by atoms with van der Waals surface area (Å²) in [5.74, 6) is 1.56. The maximum Gasteiger partial charge on any atom is 0.319 e. The fourth-order valence-corrected chi connectivity index (χ4v) is 3.56. The van der Waals surface area contributed by atoms with Gasteiger partial charge in [0.15, 0.2) is 0 Å². The van der Waals surface area contributed by atoms with Gasteiger partial charge < -0.3 is 20.7 Å². The number of urea groups is 1. The molecule has 1 aromatic carbocycles. The molecule has 3 rings (SSSR count). The van der Waals surface area contributed by atoms with Crippen LogP contribution in [0.1, 0.15) is 12.8 Å². The third-order valence-electron chi connectivity index (χ3n) is 3.96. The number of hydrogen-bond donors (Lipinski definition) is 4. The maximum atomic E-state index is 12.0. The van der Waals surface area contributed by atoms with Gasteiger partial charge in [-0.05, 0) is 37.1 Å². The van der Waals surface area contributed by atoms with Crippen LogP contribution in [0.3, 0.4) is 0 Å². The van der Waals surface area contributed by atoms with E-state index in [9.17, 15) is 9.59 Å². The lowest BCUT2D eigenvalue weighted by atomic mass is 10.2. The molecule has 0 saturated carbocycles. The summed E-state index contributed by atoms with van der Waals surface area (Å²) in [6, 6.07) is 6.67. The van der Waals surface area contributed by atoms with E-state index in [1.54, 1.807) is 36.0 Å². The smallest absolute Gasteiger partial charge is 0.319 e. The van der Waals surface area contributed by atoms with Gasteiger partial charge in [0, 0.05) is 36.2 Å². The summed E-state index contributed by atoms with van der Waals surface area (Å²) in [6.45, 7) is 1.29. The lowest BCUT2D eigenvalue weighted by molar-refractivity contribution is -0.117. The van der Waals surface area contributed by atoms with E-state index in [0.717, 1.165) is 31.1 Å². The first-order valence-corrected chi connectivity index (χ1v) is 9.25. The Morgan fingerprint density at radius 1 is 1.21 bits per heavy atom. The molecular weight excluding hydrogens is 328 g/mol. The summed E-state index contributed by atoms with van der Waals surface area (Å²) in [6.07, 6.45) is 2.16. The van der Waals surface area contributed by atoms with Crippen molar-refractivity contribution in [2.24, 2.45) is 0 Å². The summed E-state index contributed by atoms with van der Waals surface area (Å²) in [5, 5.41) is 11.6. The van der Waals surface area contributed by atoms with Crippen LogP contribution < -0.4 is 21.3 Å². The average Bonchev–Trinajstić information content (AvgIpc) is 3.28. The second-order valence-corrected chi connectivity index (χ2v) is 6.84. The second-order valence-electron chi connectivity index (χ2n) is 5.81. The van der Waals surface area contributed by atoms with Crippen LogP contribution in [0, 0.1) is 0 Å². The first-order chi connectivity index (χ1) is 11.7. The van der Waals surface area contributed by atoms with Crippen molar-refractivity contribution in [2.45, 2.75) is 25.0 Å². The van der Waals surface area contributed by atoms with Crippen LogP contribution in [0.4, 0.5) is 16.2 Å². The Kier molecular flexibility index (Phi) is 5.95. The van der Waals surface area contributed by atoms with E-state index < -0.39 is 0 Å². The number of rotatable bonds is 5. The van der Waals surface area contributed by atoms with Crippen LogP contribution >= 0.6 is 11.8 Å². The zero-order valence-corrected chi connectivity index (χ0v) is 14.2.